The van der Waals surface area contributed by atoms with E-state index in [1.807, 2.05) is 0 Å². The number of rotatable bonds is 6. The van der Waals surface area contributed by atoms with Crippen molar-refractivity contribution < 1.29 is 17.9 Å². The monoisotopic (exact) mass is 411 g/mol. The molecule has 0 amide bonds. The van der Waals surface area contributed by atoms with Crippen molar-refractivity contribution in [3.63, 3.8) is 0 Å². The van der Waals surface area contributed by atoms with Crippen LogP contribution < -0.4 is 4.72 Å². The van der Waals surface area contributed by atoms with Crippen LogP contribution in [0.2, 0.25) is 0 Å². The first kappa shape index (κ1) is 18.5. The number of nitrogens with one attached hydrogen (secondary N) is 1. The van der Waals surface area contributed by atoms with E-state index in [0.717, 1.165) is 10.0 Å². The van der Waals surface area contributed by atoms with Crippen molar-refractivity contribution >= 4 is 37.6 Å². The lowest BCUT2D eigenvalue weighted by Crippen LogP contribution is -2.16. The van der Waals surface area contributed by atoms with Crippen LogP contribution in [-0.4, -0.2) is 21.0 Å². The summed E-state index contributed by atoms with van der Waals surface area (Å²) in [5, 5.41) is 0. The number of carbonyl (C=O) groups excluding carboxylic acids is 1. The summed E-state index contributed by atoms with van der Waals surface area (Å²) in [6.45, 7) is 3.75. The fourth-order valence-electron chi connectivity index (χ4n) is 2.08. The zero-order chi connectivity index (χ0) is 17.7. The predicted molar refractivity (Wildman–Crippen MR) is 97.5 cm³/mol. The number of benzene rings is 2. The third-order valence-electron chi connectivity index (χ3n) is 3.28. The van der Waals surface area contributed by atoms with E-state index in [2.05, 4.69) is 20.7 Å². The summed E-state index contributed by atoms with van der Waals surface area (Å²) < 4.78 is 33.1. The second-order valence-corrected chi connectivity index (χ2v) is 7.88. The van der Waals surface area contributed by atoms with Crippen LogP contribution in [0, 0.1) is 6.92 Å². The first-order chi connectivity index (χ1) is 11.3. The Bertz CT molecular complexity index is 832. The molecule has 1 N–H and O–H groups in total. The maximum absolute atomic E-state index is 12.4. The van der Waals surface area contributed by atoms with Crippen LogP contribution in [0.25, 0.3) is 0 Å². The lowest BCUT2D eigenvalue weighted by atomic mass is 10.1. The molecule has 0 aliphatic carbocycles. The van der Waals surface area contributed by atoms with Crippen molar-refractivity contribution in [2.45, 2.75) is 19.6 Å². The number of aryl methyl sites for hydroxylation is 1. The summed E-state index contributed by atoms with van der Waals surface area (Å²) in [7, 11) is -3.60. The van der Waals surface area contributed by atoms with Crippen LogP contribution in [0.1, 0.15) is 28.4 Å². The molecular weight excluding hydrogens is 394 g/mol. The maximum Gasteiger partial charge on any atom is 0.338 e. The summed E-state index contributed by atoms with van der Waals surface area (Å²) in [5.41, 5.74) is 2.08. The second kappa shape index (κ2) is 7.81. The topological polar surface area (TPSA) is 72.5 Å². The highest BCUT2D eigenvalue weighted by Crippen LogP contribution is 2.21. The molecule has 5 nitrogen and oxygen atoms in total. The SMILES string of the molecule is CCOC(=O)c1ccc(C)c(NS(=O)(=O)Cc2ccc(Br)cc2)c1. The zero-order valence-corrected chi connectivity index (χ0v) is 15.8. The molecule has 0 aliphatic rings. The number of ether oxygens (including phenoxy) is 1. The Morgan fingerprint density at radius 3 is 2.46 bits per heavy atom. The van der Waals surface area contributed by atoms with E-state index in [1.165, 1.54) is 6.07 Å². The van der Waals surface area contributed by atoms with Gasteiger partial charge < -0.3 is 4.74 Å². The average Bonchev–Trinajstić information content (AvgIpc) is 2.51. The zero-order valence-electron chi connectivity index (χ0n) is 13.4. The Balaban J connectivity index is 2.20. The van der Waals surface area contributed by atoms with Gasteiger partial charge in [-0.1, -0.05) is 34.1 Å². The van der Waals surface area contributed by atoms with Crippen LogP contribution in [0.5, 0.6) is 0 Å². The Labute approximate surface area is 150 Å². The standard InChI is InChI=1S/C17H18BrNO4S/c1-3-23-17(20)14-7-4-12(2)16(10-14)19-24(21,22)11-13-5-8-15(18)9-6-13/h4-10,19H,3,11H2,1-2H3. The molecule has 0 radical (unpaired) electrons. The van der Waals surface area contributed by atoms with E-state index in [9.17, 15) is 13.2 Å². The fourth-order valence-corrected chi connectivity index (χ4v) is 3.60. The van der Waals surface area contributed by atoms with Gasteiger partial charge in [-0.25, -0.2) is 13.2 Å². The van der Waals surface area contributed by atoms with Gasteiger partial charge >= 0.3 is 5.97 Å². The first-order valence-electron chi connectivity index (χ1n) is 7.33. The highest BCUT2D eigenvalue weighted by Gasteiger charge is 2.15. The molecule has 0 atom stereocenters. The Kier molecular flexibility index (Phi) is 6.01. The minimum absolute atomic E-state index is 0.149. The fraction of sp³-hybridized carbons (Fsp3) is 0.235. The van der Waals surface area contributed by atoms with E-state index in [-0.39, 0.29) is 12.4 Å². The van der Waals surface area contributed by atoms with Crippen LogP contribution in [-0.2, 0) is 20.5 Å². The molecule has 0 saturated carbocycles. The molecule has 0 aliphatic heterocycles. The van der Waals surface area contributed by atoms with E-state index in [4.69, 9.17) is 4.74 Å². The van der Waals surface area contributed by atoms with Crippen LogP contribution in [0.3, 0.4) is 0 Å². The Morgan fingerprint density at radius 1 is 1.17 bits per heavy atom. The van der Waals surface area contributed by atoms with Crippen molar-refractivity contribution in [3.8, 4) is 0 Å². The van der Waals surface area contributed by atoms with Crippen LogP contribution in [0.4, 0.5) is 5.69 Å². The van der Waals surface area contributed by atoms with E-state index >= 15 is 0 Å². The van der Waals surface area contributed by atoms with E-state index in [1.54, 1.807) is 50.2 Å². The molecule has 0 heterocycles. The largest absolute Gasteiger partial charge is 0.462 e. The third-order valence-corrected chi connectivity index (χ3v) is 5.06. The summed E-state index contributed by atoms with van der Waals surface area (Å²) in [6, 6.07) is 11.8. The van der Waals surface area contributed by atoms with Crippen molar-refractivity contribution in [2.24, 2.45) is 0 Å². The van der Waals surface area contributed by atoms with Gasteiger partial charge in [0.1, 0.15) is 0 Å². The molecule has 2 aromatic carbocycles. The number of hydrogen-bond donors (Lipinski definition) is 1. The number of esters is 1. The lowest BCUT2D eigenvalue weighted by molar-refractivity contribution is 0.0526. The number of anilines is 1. The summed E-state index contributed by atoms with van der Waals surface area (Å²) in [5.74, 6) is -0.630. The van der Waals surface area contributed by atoms with E-state index < -0.39 is 16.0 Å². The molecule has 0 unspecified atom stereocenters. The molecule has 2 rings (SSSR count). The van der Waals surface area contributed by atoms with Gasteiger partial charge in [-0.15, -0.1) is 0 Å². The third kappa shape index (κ3) is 5.07. The number of sulfonamides is 1. The van der Waals surface area contributed by atoms with Crippen molar-refractivity contribution in [1.82, 2.24) is 0 Å². The molecule has 0 spiro atoms. The summed E-state index contributed by atoms with van der Waals surface area (Å²) in [6.07, 6.45) is 0. The second-order valence-electron chi connectivity index (χ2n) is 5.24. The molecule has 2 aromatic rings. The Hall–Kier alpha value is -1.86. The molecule has 128 valence electrons. The first-order valence-corrected chi connectivity index (χ1v) is 9.78. The van der Waals surface area contributed by atoms with Gasteiger partial charge in [-0.2, -0.15) is 0 Å². The maximum atomic E-state index is 12.4. The van der Waals surface area contributed by atoms with Gasteiger partial charge in [-0.05, 0) is 49.2 Å². The molecule has 0 saturated heterocycles. The molecule has 0 bridgehead atoms. The van der Waals surface area contributed by atoms with Crippen LogP contribution in [0.15, 0.2) is 46.9 Å². The highest BCUT2D eigenvalue weighted by atomic mass is 79.9. The summed E-state index contributed by atoms with van der Waals surface area (Å²) >= 11 is 3.31. The normalized spacial score (nSPS) is 11.1. The molecule has 0 aromatic heterocycles. The minimum atomic E-state index is -3.60. The van der Waals surface area contributed by atoms with E-state index in [0.29, 0.717) is 16.8 Å². The number of carbonyl (C=O) groups is 1. The number of halogens is 1. The Morgan fingerprint density at radius 2 is 1.83 bits per heavy atom. The summed E-state index contributed by atoms with van der Waals surface area (Å²) in [4.78, 5) is 11.8. The van der Waals surface area contributed by atoms with Gasteiger partial charge in [0.05, 0.1) is 23.6 Å². The predicted octanol–water partition coefficient (Wildman–Crippen LogP) is 3.88. The van der Waals surface area contributed by atoms with Crippen molar-refractivity contribution in [1.29, 1.82) is 0 Å². The van der Waals surface area contributed by atoms with Crippen molar-refractivity contribution in [3.05, 3.63) is 63.6 Å². The molecule has 24 heavy (non-hydrogen) atoms. The van der Waals surface area contributed by atoms with Crippen LogP contribution >= 0.6 is 15.9 Å². The molecular formula is C17H18BrNO4S. The van der Waals surface area contributed by atoms with Gasteiger partial charge in [0.25, 0.3) is 0 Å². The molecule has 7 heteroatoms. The minimum Gasteiger partial charge on any atom is -0.462 e. The van der Waals surface area contributed by atoms with Gasteiger partial charge in [0.15, 0.2) is 0 Å². The van der Waals surface area contributed by atoms with Gasteiger partial charge in [0.2, 0.25) is 10.0 Å². The smallest absolute Gasteiger partial charge is 0.338 e. The van der Waals surface area contributed by atoms with Gasteiger partial charge in [-0.3, -0.25) is 4.72 Å². The number of hydrogen-bond acceptors (Lipinski definition) is 4. The average molecular weight is 412 g/mol. The quantitative estimate of drug-likeness (QED) is 0.731. The van der Waals surface area contributed by atoms with Crippen molar-refractivity contribution in [2.75, 3.05) is 11.3 Å². The highest BCUT2D eigenvalue weighted by molar-refractivity contribution is 9.10. The lowest BCUT2D eigenvalue weighted by Gasteiger charge is -2.12. The molecule has 0 fully saturated rings. The van der Waals surface area contributed by atoms with Gasteiger partial charge in [0, 0.05) is 4.47 Å².